The van der Waals surface area contributed by atoms with Gasteiger partial charge in [0.25, 0.3) is 0 Å². The maximum absolute atomic E-state index is 5.76. The Bertz CT molecular complexity index is 353. The largest absolute Gasteiger partial charge is 0.494 e. The molecule has 0 bridgehead atoms. The summed E-state index contributed by atoms with van der Waals surface area (Å²) in [5, 5.41) is 3.62. The maximum atomic E-state index is 5.76. The van der Waals surface area contributed by atoms with Crippen molar-refractivity contribution in [2.75, 3.05) is 13.2 Å². The molecule has 0 aromatic heterocycles. The van der Waals surface area contributed by atoms with Gasteiger partial charge in [-0.25, -0.2) is 0 Å². The minimum atomic E-state index is 0.202. The van der Waals surface area contributed by atoms with Gasteiger partial charge in [0.05, 0.1) is 6.61 Å². The summed E-state index contributed by atoms with van der Waals surface area (Å²) in [6.07, 6.45) is 2.33. The van der Waals surface area contributed by atoms with Crippen molar-refractivity contribution in [2.24, 2.45) is 11.8 Å². The lowest BCUT2D eigenvalue weighted by Gasteiger charge is -2.27. The molecule has 1 unspecified atom stereocenters. The fourth-order valence-corrected chi connectivity index (χ4v) is 2.16. The predicted molar refractivity (Wildman–Crippen MR) is 87.3 cm³/mol. The lowest BCUT2D eigenvalue weighted by molar-refractivity contribution is 0.255. The number of nitrogens with one attached hydrogen (secondary N) is 1. The highest BCUT2D eigenvalue weighted by Crippen LogP contribution is 2.18. The van der Waals surface area contributed by atoms with Crippen molar-refractivity contribution in [3.8, 4) is 5.75 Å². The molecule has 0 amide bonds. The Morgan fingerprint density at radius 2 is 1.75 bits per heavy atom. The molecule has 1 aromatic rings. The van der Waals surface area contributed by atoms with E-state index in [1.54, 1.807) is 0 Å². The zero-order valence-corrected chi connectivity index (χ0v) is 13.8. The van der Waals surface area contributed by atoms with Crippen molar-refractivity contribution in [3.63, 3.8) is 0 Å². The van der Waals surface area contributed by atoms with Gasteiger partial charge >= 0.3 is 0 Å². The first-order valence-electron chi connectivity index (χ1n) is 7.81. The van der Waals surface area contributed by atoms with Gasteiger partial charge in [-0.2, -0.15) is 0 Å². The summed E-state index contributed by atoms with van der Waals surface area (Å²) in [6.45, 7) is 13.2. The van der Waals surface area contributed by atoms with Gasteiger partial charge in [0.1, 0.15) is 5.75 Å². The van der Waals surface area contributed by atoms with Crippen molar-refractivity contribution in [1.82, 2.24) is 5.32 Å². The Labute approximate surface area is 124 Å². The molecule has 114 valence electrons. The quantitative estimate of drug-likeness (QED) is 0.706. The Hall–Kier alpha value is -1.02. The average Bonchev–Trinajstić information content (AvgIpc) is 2.37. The molecule has 2 nitrogen and oxygen atoms in total. The van der Waals surface area contributed by atoms with E-state index in [4.69, 9.17) is 4.74 Å². The van der Waals surface area contributed by atoms with Crippen molar-refractivity contribution >= 4 is 0 Å². The van der Waals surface area contributed by atoms with Crippen LogP contribution in [0.25, 0.3) is 0 Å². The van der Waals surface area contributed by atoms with Gasteiger partial charge in [0, 0.05) is 5.54 Å². The second-order valence-corrected chi connectivity index (χ2v) is 6.94. The standard InChI is InChI=1S/C18H31NO/c1-15(2)16(14-19-18(3,4)5)10-9-13-20-17-11-7-6-8-12-17/h6-8,11-12,15-16,19H,9-10,13-14H2,1-5H3. The molecule has 0 saturated heterocycles. The summed E-state index contributed by atoms with van der Waals surface area (Å²) in [4.78, 5) is 0. The van der Waals surface area contributed by atoms with E-state index in [1.165, 1.54) is 6.42 Å². The van der Waals surface area contributed by atoms with Crippen molar-refractivity contribution < 1.29 is 4.74 Å². The molecule has 0 aliphatic rings. The van der Waals surface area contributed by atoms with E-state index in [9.17, 15) is 0 Å². The van der Waals surface area contributed by atoms with E-state index in [0.717, 1.165) is 25.3 Å². The van der Waals surface area contributed by atoms with E-state index >= 15 is 0 Å². The molecule has 1 aromatic carbocycles. The van der Waals surface area contributed by atoms with Crippen LogP contribution in [-0.4, -0.2) is 18.7 Å². The SMILES string of the molecule is CC(C)C(CCCOc1ccccc1)CNC(C)(C)C. The van der Waals surface area contributed by atoms with Crippen LogP contribution in [0.1, 0.15) is 47.5 Å². The zero-order valence-electron chi connectivity index (χ0n) is 13.8. The molecule has 0 heterocycles. The van der Waals surface area contributed by atoms with Gasteiger partial charge < -0.3 is 10.1 Å². The Balaban J connectivity index is 2.25. The van der Waals surface area contributed by atoms with Crippen LogP contribution in [0.4, 0.5) is 0 Å². The van der Waals surface area contributed by atoms with Gasteiger partial charge in [0.2, 0.25) is 0 Å². The number of hydrogen-bond acceptors (Lipinski definition) is 2. The molecule has 20 heavy (non-hydrogen) atoms. The first-order valence-corrected chi connectivity index (χ1v) is 7.81. The maximum Gasteiger partial charge on any atom is 0.119 e. The molecular formula is C18H31NO. The molecule has 0 radical (unpaired) electrons. The van der Waals surface area contributed by atoms with Crippen LogP contribution in [0, 0.1) is 11.8 Å². The first-order chi connectivity index (χ1) is 9.38. The molecule has 1 N–H and O–H groups in total. The molecule has 1 rings (SSSR count). The molecule has 0 spiro atoms. The number of benzene rings is 1. The van der Waals surface area contributed by atoms with E-state index in [1.807, 2.05) is 30.3 Å². The summed E-state index contributed by atoms with van der Waals surface area (Å²) in [6, 6.07) is 10.1. The van der Waals surface area contributed by atoms with Crippen molar-refractivity contribution in [2.45, 2.75) is 53.0 Å². The Morgan fingerprint density at radius 1 is 1.10 bits per heavy atom. The zero-order chi connectivity index (χ0) is 15.0. The minimum absolute atomic E-state index is 0.202. The monoisotopic (exact) mass is 277 g/mol. The normalized spacial score (nSPS) is 13.5. The molecule has 0 saturated carbocycles. The third-order valence-electron chi connectivity index (χ3n) is 3.57. The third kappa shape index (κ3) is 7.54. The third-order valence-corrected chi connectivity index (χ3v) is 3.57. The lowest BCUT2D eigenvalue weighted by Crippen LogP contribution is -2.40. The van der Waals surface area contributed by atoms with Crippen molar-refractivity contribution in [3.05, 3.63) is 30.3 Å². The van der Waals surface area contributed by atoms with Gasteiger partial charge in [-0.1, -0.05) is 32.0 Å². The highest BCUT2D eigenvalue weighted by Gasteiger charge is 2.16. The summed E-state index contributed by atoms with van der Waals surface area (Å²) < 4.78 is 5.76. The highest BCUT2D eigenvalue weighted by atomic mass is 16.5. The second kappa shape index (κ2) is 8.31. The van der Waals surface area contributed by atoms with E-state index in [0.29, 0.717) is 11.8 Å². The fourth-order valence-electron chi connectivity index (χ4n) is 2.16. The van der Waals surface area contributed by atoms with Gasteiger partial charge in [-0.05, 0) is 64.1 Å². The molecule has 1 atom stereocenters. The molecule has 0 aliphatic carbocycles. The smallest absolute Gasteiger partial charge is 0.119 e. The second-order valence-electron chi connectivity index (χ2n) is 6.94. The number of ether oxygens (including phenoxy) is 1. The molecule has 0 fully saturated rings. The van der Waals surface area contributed by atoms with Crippen molar-refractivity contribution in [1.29, 1.82) is 0 Å². The number of rotatable bonds is 8. The van der Waals surface area contributed by atoms with Gasteiger partial charge in [0.15, 0.2) is 0 Å². The Kier molecular flexibility index (Phi) is 7.08. The lowest BCUT2D eigenvalue weighted by atomic mass is 9.90. The van der Waals surface area contributed by atoms with E-state index < -0.39 is 0 Å². The molecule has 0 aliphatic heterocycles. The van der Waals surface area contributed by atoms with Gasteiger partial charge in [-0.15, -0.1) is 0 Å². The molecule has 2 heteroatoms. The van der Waals surface area contributed by atoms with Crippen LogP contribution in [0.5, 0.6) is 5.75 Å². The highest BCUT2D eigenvalue weighted by molar-refractivity contribution is 5.20. The molecular weight excluding hydrogens is 246 g/mol. The summed E-state index contributed by atoms with van der Waals surface area (Å²) in [5.74, 6) is 2.40. The van der Waals surface area contributed by atoms with Gasteiger partial charge in [-0.3, -0.25) is 0 Å². The Morgan fingerprint density at radius 3 is 2.30 bits per heavy atom. The van der Waals surface area contributed by atoms with Crippen LogP contribution in [0.2, 0.25) is 0 Å². The average molecular weight is 277 g/mol. The summed E-state index contributed by atoms with van der Waals surface area (Å²) in [5.41, 5.74) is 0.202. The van der Waals surface area contributed by atoms with Crippen LogP contribution in [0.15, 0.2) is 30.3 Å². The van der Waals surface area contributed by atoms with E-state index in [2.05, 4.69) is 39.9 Å². The van der Waals surface area contributed by atoms with Crippen LogP contribution in [-0.2, 0) is 0 Å². The first kappa shape index (κ1) is 17.0. The number of hydrogen-bond donors (Lipinski definition) is 1. The predicted octanol–water partition coefficient (Wildman–Crippen LogP) is 4.51. The topological polar surface area (TPSA) is 21.3 Å². The number of para-hydroxylation sites is 1. The summed E-state index contributed by atoms with van der Waals surface area (Å²) >= 11 is 0. The van der Waals surface area contributed by atoms with Crippen LogP contribution in [0.3, 0.4) is 0 Å². The minimum Gasteiger partial charge on any atom is -0.494 e. The van der Waals surface area contributed by atoms with E-state index in [-0.39, 0.29) is 5.54 Å². The fraction of sp³-hybridized carbons (Fsp3) is 0.667. The van der Waals surface area contributed by atoms with Crippen LogP contribution >= 0.6 is 0 Å². The summed E-state index contributed by atoms with van der Waals surface area (Å²) in [7, 11) is 0. The van der Waals surface area contributed by atoms with Crippen LogP contribution < -0.4 is 10.1 Å².